The average molecular weight is 189 g/mol. The lowest BCUT2D eigenvalue weighted by Gasteiger charge is -2.09. The summed E-state index contributed by atoms with van der Waals surface area (Å²) >= 11 is 0. The molecule has 0 spiro atoms. The Balaban J connectivity index is 2.84. The summed E-state index contributed by atoms with van der Waals surface area (Å²) in [5.74, 6) is 0.106. The molecule has 1 aromatic rings. The number of hydrogen-bond acceptors (Lipinski definition) is 2. The summed E-state index contributed by atoms with van der Waals surface area (Å²) < 4.78 is 0. The molecule has 14 heavy (non-hydrogen) atoms. The van der Waals surface area contributed by atoms with Gasteiger partial charge in [-0.1, -0.05) is 31.2 Å². The standard InChI is InChI=1S/C12H15NO/c1-9(7-13)11-3-5-12(6-4-11)10(2)8-14/h3-6,9-10,14H,8H2,1-2H3. The Kier molecular flexibility index (Phi) is 3.67. The molecule has 1 aromatic carbocycles. The van der Waals surface area contributed by atoms with Gasteiger partial charge in [0.25, 0.3) is 0 Å². The summed E-state index contributed by atoms with van der Waals surface area (Å²) in [7, 11) is 0. The summed E-state index contributed by atoms with van der Waals surface area (Å²) in [6.07, 6.45) is 0. The normalized spacial score (nSPS) is 14.4. The molecule has 2 unspecified atom stereocenters. The molecule has 1 N–H and O–H groups in total. The molecule has 0 amide bonds. The molecule has 74 valence electrons. The van der Waals surface area contributed by atoms with Crippen molar-refractivity contribution in [3.05, 3.63) is 35.4 Å². The van der Waals surface area contributed by atoms with E-state index < -0.39 is 0 Å². The van der Waals surface area contributed by atoms with Crippen molar-refractivity contribution in [2.24, 2.45) is 0 Å². The largest absolute Gasteiger partial charge is 0.396 e. The van der Waals surface area contributed by atoms with E-state index >= 15 is 0 Å². The number of benzene rings is 1. The monoisotopic (exact) mass is 189 g/mol. The maximum absolute atomic E-state index is 8.96. The highest BCUT2D eigenvalue weighted by molar-refractivity contribution is 5.29. The predicted molar refractivity (Wildman–Crippen MR) is 56.0 cm³/mol. The van der Waals surface area contributed by atoms with Crippen LogP contribution in [0.5, 0.6) is 0 Å². The second kappa shape index (κ2) is 4.78. The Hall–Kier alpha value is -1.33. The van der Waals surface area contributed by atoms with Gasteiger partial charge in [-0.05, 0) is 18.1 Å². The molecule has 2 nitrogen and oxygen atoms in total. The first-order chi connectivity index (χ1) is 6.69. The van der Waals surface area contributed by atoms with Gasteiger partial charge in [0.15, 0.2) is 0 Å². The zero-order chi connectivity index (χ0) is 10.6. The van der Waals surface area contributed by atoms with Crippen molar-refractivity contribution in [1.29, 1.82) is 5.26 Å². The number of hydrogen-bond donors (Lipinski definition) is 1. The van der Waals surface area contributed by atoms with E-state index in [1.165, 1.54) is 0 Å². The van der Waals surface area contributed by atoms with E-state index in [4.69, 9.17) is 10.4 Å². The van der Waals surface area contributed by atoms with Gasteiger partial charge in [0, 0.05) is 12.5 Å². The van der Waals surface area contributed by atoms with Crippen LogP contribution in [-0.2, 0) is 0 Å². The lowest BCUT2D eigenvalue weighted by atomic mass is 9.97. The summed E-state index contributed by atoms with van der Waals surface area (Å²) in [4.78, 5) is 0. The maximum Gasteiger partial charge on any atom is 0.0700 e. The predicted octanol–water partition coefficient (Wildman–Crippen LogP) is 2.41. The molecule has 0 aliphatic carbocycles. The van der Waals surface area contributed by atoms with E-state index in [0.29, 0.717) is 0 Å². The lowest BCUT2D eigenvalue weighted by molar-refractivity contribution is 0.273. The van der Waals surface area contributed by atoms with Gasteiger partial charge in [0.1, 0.15) is 0 Å². The molecule has 0 bridgehead atoms. The quantitative estimate of drug-likeness (QED) is 0.793. The molecule has 0 saturated heterocycles. The van der Waals surface area contributed by atoms with Gasteiger partial charge in [-0.25, -0.2) is 0 Å². The highest BCUT2D eigenvalue weighted by Gasteiger charge is 2.06. The van der Waals surface area contributed by atoms with E-state index in [9.17, 15) is 0 Å². The lowest BCUT2D eigenvalue weighted by Crippen LogP contribution is -1.99. The van der Waals surface area contributed by atoms with Crippen molar-refractivity contribution in [2.45, 2.75) is 25.7 Å². The highest BCUT2D eigenvalue weighted by Crippen LogP contribution is 2.19. The second-order valence-electron chi connectivity index (χ2n) is 3.60. The molecule has 0 aliphatic heterocycles. The van der Waals surface area contributed by atoms with Crippen LogP contribution in [0.25, 0.3) is 0 Å². The number of rotatable bonds is 3. The van der Waals surface area contributed by atoms with Crippen molar-refractivity contribution < 1.29 is 5.11 Å². The van der Waals surface area contributed by atoms with Crippen LogP contribution in [0, 0.1) is 11.3 Å². The fraction of sp³-hybridized carbons (Fsp3) is 0.417. The van der Waals surface area contributed by atoms with Crippen LogP contribution < -0.4 is 0 Å². The Labute approximate surface area is 84.8 Å². The minimum absolute atomic E-state index is 0.0616. The van der Waals surface area contributed by atoms with Gasteiger partial charge in [0.05, 0.1) is 12.0 Å². The number of nitriles is 1. The van der Waals surface area contributed by atoms with Crippen LogP contribution >= 0.6 is 0 Å². The first-order valence-electron chi connectivity index (χ1n) is 4.79. The molecule has 0 aliphatic rings. The summed E-state index contributed by atoms with van der Waals surface area (Å²) in [6.45, 7) is 4.01. The Morgan fingerprint density at radius 1 is 1.21 bits per heavy atom. The molecule has 0 heterocycles. The van der Waals surface area contributed by atoms with Crippen LogP contribution in [0.1, 0.15) is 36.8 Å². The summed E-state index contributed by atoms with van der Waals surface area (Å²) in [6, 6.07) is 10.1. The van der Waals surface area contributed by atoms with E-state index in [2.05, 4.69) is 6.07 Å². The summed E-state index contributed by atoms with van der Waals surface area (Å²) in [5.41, 5.74) is 2.14. The van der Waals surface area contributed by atoms with Crippen LogP contribution in [0.3, 0.4) is 0 Å². The zero-order valence-electron chi connectivity index (χ0n) is 8.57. The van der Waals surface area contributed by atoms with Crippen LogP contribution in [-0.4, -0.2) is 11.7 Å². The Bertz CT molecular complexity index is 323. The van der Waals surface area contributed by atoms with E-state index in [1.807, 2.05) is 38.1 Å². The smallest absolute Gasteiger partial charge is 0.0700 e. The third-order valence-corrected chi connectivity index (χ3v) is 2.47. The van der Waals surface area contributed by atoms with Gasteiger partial charge < -0.3 is 5.11 Å². The van der Waals surface area contributed by atoms with E-state index in [0.717, 1.165) is 11.1 Å². The fourth-order valence-electron chi connectivity index (χ4n) is 1.29. The molecule has 0 aromatic heterocycles. The Morgan fingerprint density at radius 2 is 1.71 bits per heavy atom. The molecular formula is C12H15NO. The van der Waals surface area contributed by atoms with E-state index in [1.54, 1.807) is 0 Å². The van der Waals surface area contributed by atoms with Gasteiger partial charge in [-0.2, -0.15) is 5.26 Å². The van der Waals surface area contributed by atoms with Gasteiger partial charge >= 0.3 is 0 Å². The second-order valence-corrected chi connectivity index (χ2v) is 3.60. The minimum atomic E-state index is -0.0616. The molecule has 1 rings (SSSR count). The zero-order valence-corrected chi connectivity index (χ0v) is 8.57. The molecule has 0 radical (unpaired) electrons. The fourth-order valence-corrected chi connectivity index (χ4v) is 1.29. The first kappa shape index (κ1) is 10.7. The van der Waals surface area contributed by atoms with Crippen molar-refractivity contribution in [1.82, 2.24) is 0 Å². The third-order valence-electron chi connectivity index (χ3n) is 2.47. The van der Waals surface area contributed by atoms with Crippen molar-refractivity contribution in [3.63, 3.8) is 0 Å². The third kappa shape index (κ3) is 2.34. The SMILES string of the molecule is CC(C#N)c1ccc(C(C)CO)cc1. The number of nitrogens with zero attached hydrogens (tertiary/aromatic N) is 1. The van der Waals surface area contributed by atoms with Crippen molar-refractivity contribution >= 4 is 0 Å². The topological polar surface area (TPSA) is 44.0 Å². The first-order valence-corrected chi connectivity index (χ1v) is 4.79. The maximum atomic E-state index is 8.96. The summed E-state index contributed by atoms with van der Waals surface area (Å²) in [5, 5.41) is 17.7. The number of aliphatic hydroxyl groups is 1. The van der Waals surface area contributed by atoms with Crippen LogP contribution in [0.15, 0.2) is 24.3 Å². The molecule has 2 atom stereocenters. The van der Waals surface area contributed by atoms with Crippen molar-refractivity contribution in [3.8, 4) is 6.07 Å². The van der Waals surface area contributed by atoms with Crippen LogP contribution in [0.4, 0.5) is 0 Å². The van der Waals surface area contributed by atoms with Gasteiger partial charge in [-0.15, -0.1) is 0 Å². The molecule has 0 saturated carbocycles. The van der Waals surface area contributed by atoms with Crippen LogP contribution in [0.2, 0.25) is 0 Å². The van der Waals surface area contributed by atoms with Gasteiger partial charge in [-0.3, -0.25) is 0 Å². The number of aliphatic hydroxyl groups excluding tert-OH is 1. The van der Waals surface area contributed by atoms with E-state index in [-0.39, 0.29) is 18.4 Å². The highest BCUT2D eigenvalue weighted by atomic mass is 16.3. The molecule has 2 heteroatoms. The molecular weight excluding hydrogens is 174 g/mol. The van der Waals surface area contributed by atoms with Crippen molar-refractivity contribution in [2.75, 3.05) is 6.61 Å². The van der Waals surface area contributed by atoms with Gasteiger partial charge in [0.2, 0.25) is 0 Å². The average Bonchev–Trinajstić information content (AvgIpc) is 2.27. The molecule has 0 fully saturated rings. The minimum Gasteiger partial charge on any atom is -0.396 e. The Morgan fingerprint density at radius 3 is 2.14 bits per heavy atom.